The minimum absolute atomic E-state index is 0.0472. The molecule has 14 heteroatoms. The van der Waals surface area contributed by atoms with E-state index in [9.17, 15) is 31.2 Å². The van der Waals surface area contributed by atoms with Crippen molar-refractivity contribution in [2.24, 2.45) is 0 Å². The van der Waals surface area contributed by atoms with E-state index in [4.69, 9.17) is 34.8 Å². The van der Waals surface area contributed by atoms with Crippen LogP contribution in [-0.4, -0.2) is 50.0 Å². The number of hydrogen-bond acceptors (Lipinski definition) is 4. The third kappa shape index (κ3) is 8.18. The molecule has 40 heavy (non-hydrogen) atoms. The molecule has 1 unspecified atom stereocenters. The van der Waals surface area contributed by atoms with Crippen molar-refractivity contribution in [3.8, 4) is 0 Å². The second-order valence-corrected chi connectivity index (χ2v) is 12.8. The number of sulfonamides is 1. The first-order valence-corrected chi connectivity index (χ1v) is 15.5. The SMILES string of the molecule is CCC(C(=O)NC1CCCC1)N(Cc1ccc(Cl)cc1Cl)C(=O)CN(c1cc(C(F)(F)F)ccc1Cl)S(C)(=O)=O. The average molecular weight is 643 g/mol. The van der Waals surface area contributed by atoms with Gasteiger partial charge in [0.15, 0.2) is 0 Å². The lowest BCUT2D eigenvalue weighted by Gasteiger charge is -2.34. The lowest BCUT2D eigenvalue weighted by atomic mass is 10.1. The van der Waals surface area contributed by atoms with Crippen molar-refractivity contribution in [2.75, 3.05) is 17.1 Å². The summed E-state index contributed by atoms with van der Waals surface area (Å²) >= 11 is 18.5. The lowest BCUT2D eigenvalue weighted by molar-refractivity contribution is -0.140. The van der Waals surface area contributed by atoms with Crippen molar-refractivity contribution >= 4 is 62.3 Å². The molecule has 7 nitrogen and oxygen atoms in total. The van der Waals surface area contributed by atoms with E-state index in [0.29, 0.717) is 27.0 Å². The van der Waals surface area contributed by atoms with E-state index in [1.165, 1.54) is 11.0 Å². The van der Waals surface area contributed by atoms with Gasteiger partial charge >= 0.3 is 6.18 Å². The van der Waals surface area contributed by atoms with E-state index >= 15 is 0 Å². The van der Waals surface area contributed by atoms with Gasteiger partial charge in [0.1, 0.15) is 12.6 Å². The predicted molar refractivity (Wildman–Crippen MR) is 150 cm³/mol. The molecule has 0 aromatic heterocycles. The standard InChI is InChI=1S/C26H29Cl3F3N3O4S/c1-3-22(25(37)33-19-6-4-5-7-19)34(14-16-8-10-18(27)13-21(16)29)24(36)15-35(40(2,38)39)23-12-17(26(30,31)32)9-11-20(23)28/h8-13,19,22H,3-7,14-15H2,1-2H3,(H,33,37). The van der Waals surface area contributed by atoms with Gasteiger partial charge in [-0.25, -0.2) is 8.42 Å². The molecule has 0 aliphatic heterocycles. The van der Waals surface area contributed by atoms with Crippen LogP contribution in [0.15, 0.2) is 36.4 Å². The van der Waals surface area contributed by atoms with Gasteiger partial charge in [0.25, 0.3) is 0 Å². The van der Waals surface area contributed by atoms with E-state index in [0.717, 1.165) is 38.0 Å². The zero-order valence-electron chi connectivity index (χ0n) is 21.8. The van der Waals surface area contributed by atoms with Crippen LogP contribution in [0.5, 0.6) is 0 Å². The van der Waals surface area contributed by atoms with E-state index in [2.05, 4.69) is 5.32 Å². The van der Waals surface area contributed by atoms with Crippen LogP contribution in [0, 0.1) is 0 Å². The fourth-order valence-electron chi connectivity index (χ4n) is 4.60. The molecule has 220 valence electrons. The molecule has 2 aromatic rings. The highest BCUT2D eigenvalue weighted by atomic mass is 35.5. The first-order valence-electron chi connectivity index (χ1n) is 12.5. The van der Waals surface area contributed by atoms with Crippen LogP contribution in [0.2, 0.25) is 15.1 Å². The normalized spacial score (nSPS) is 15.1. The summed E-state index contributed by atoms with van der Waals surface area (Å²) in [5.74, 6) is -1.26. The fraction of sp³-hybridized carbons (Fsp3) is 0.462. The molecule has 2 amide bonds. The summed E-state index contributed by atoms with van der Waals surface area (Å²) in [6.45, 7) is 0.609. The minimum atomic E-state index is -4.78. The van der Waals surface area contributed by atoms with Crippen molar-refractivity contribution < 1.29 is 31.2 Å². The highest BCUT2D eigenvalue weighted by Gasteiger charge is 2.36. The summed E-state index contributed by atoms with van der Waals surface area (Å²) in [5.41, 5.74) is -1.21. The molecule has 1 aliphatic rings. The Kier molecular flexibility index (Phi) is 10.6. The van der Waals surface area contributed by atoms with E-state index in [-0.39, 0.29) is 29.1 Å². The number of hydrogen-bond donors (Lipinski definition) is 1. The smallest absolute Gasteiger partial charge is 0.352 e. The van der Waals surface area contributed by atoms with Gasteiger partial charge in [-0.15, -0.1) is 0 Å². The van der Waals surface area contributed by atoms with Crippen molar-refractivity contribution in [3.05, 3.63) is 62.6 Å². The Balaban J connectivity index is 2.02. The zero-order valence-corrected chi connectivity index (χ0v) is 24.9. The number of rotatable bonds is 10. The number of carbonyl (C=O) groups excluding carboxylic acids is 2. The molecule has 0 bridgehead atoms. The first-order chi connectivity index (χ1) is 18.6. The van der Waals surface area contributed by atoms with Crippen LogP contribution < -0.4 is 9.62 Å². The van der Waals surface area contributed by atoms with Gasteiger partial charge in [-0.2, -0.15) is 13.2 Å². The quantitative estimate of drug-likeness (QED) is 0.330. The number of nitrogens with zero attached hydrogens (tertiary/aromatic N) is 2. The van der Waals surface area contributed by atoms with Crippen LogP contribution in [0.1, 0.15) is 50.2 Å². The maximum atomic E-state index is 13.8. The number of benzene rings is 2. The third-order valence-corrected chi connectivity index (χ3v) is 8.70. The molecule has 1 N–H and O–H groups in total. The summed E-state index contributed by atoms with van der Waals surface area (Å²) < 4.78 is 66.3. The Morgan fingerprint density at radius 3 is 2.25 bits per heavy atom. The molecule has 1 aliphatic carbocycles. The maximum absolute atomic E-state index is 13.8. The summed E-state index contributed by atoms with van der Waals surface area (Å²) in [5, 5.41) is 3.22. The maximum Gasteiger partial charge on any atom is 0.416 e. The van der Waals surface area contributed by atoms with Gasteiger partial charge in [-0.1, -0.05) is 60.6 Å². The fourth-order valence-corrected chi connectivity index (χ4v) is 6.19. The Bertz CT molecular complexity index is 1350. The lowest BCUT2D eigenvalue weighted by Crippen LogP contribution is -2.53. The molecule has 0 spiro atoms. The number of amides is 2. The second-order valence-electron chi connectivity index (χ2n) is 9.60. The van der Waals surface area contributed by atoms with Crippen LogP contribution in [0.25, 0.3) is 0 Å². The summed E-state index contributed by atoms with van der Waals surface area (Å²) in [7, 11) is -4.30. The predicted octanol–water partition coefficient (Wildman–Crippen LogP) is 6.30. The molecule has 0 heterocycles. The van der Waals surface area contributed by atoms with Gasteiger partial charge in [-0.05, 0) is 55.2 Å². The summed E-state index contributed by atoms with van der Waals surface area (Å²) in [6.07, 6.45) is -0.322. The Morgan fingerprint density at radius 2 is 1.70 bits per heavy atom. The van der Waals surface area contributed by atoms with E-state index < -0.39 is 51.9 Å². The molecular formula is C26H29Cl3F3N3O4S. The van der Waals surface area contributed by atoms with Gasteiger partial charge in [0.2, 0.25) is 21.8 Å². The van der Waals surface area contributed by atoms with E-state index in [1.807, 2.05) is 0 Å². The van der Waals surface area contributed by atoms with Crippen molar-refractivity contribution in [3.63, 3.8) is 0 Å². The van der Waals surface area contributed by atoms with Gasteiger partial charge in [-0.3, -0.25) is 13.9 Å². The highest BCUT2D eigenvalue weighted by molar-refractivity contribution is 7.92. The Morgan fingerprint density at radius 1 is 1.05 bits per heavy atom. The zero-order chi connectivity index (χ0) is 29.8. The van der Waals surface area contributed by atoms with Crippen molar-refractivity contribution in [2.45, 2.75) is 63.8 Å². The number of alkyl halides is 3. The van der Waals surface area contributed by atoms with Crippen LogP contribution in [0.4, 0.5) is 18.9 Å². The van der Waals surface area contributed by atoms with Gasteiger partial charge in [0.05, 0.1) is 22.5 Å². The van der Waals surface area contributed by atoms with Crippen molar-refractivity contribution in [1.82, 2.24) is 10.2 Å². The summed E-state index contributed by atoms with van der Waals surface area (Å²) in [6, 6.07) is 5.72. The molecule has 1 atom stereocenters. The first kappa shape index (κ1) is 32.3. The molecule has 0 radical (unpaired) electrons. The topological polar surface area (TPSA) is 86.8 Å². The number of anilines is 1. The largest absolute Gasteiger partial charge is 0.416 e. The van der Waals surface area contributed by atoms with Gasteiger partial charge < -0.3 is 10.2 Å². The molecule has 2 aromatic carbocycles. The van der Waals surface area contributed by atoms with Crippen LogP contribution in [0.3, 0.4) is 0 Å². The monoisotopic (exact) mass is 641 g/mol. The number of nitrogens with one attached hydrogen (secondary N) is 1. The third-order valence-electron chi connectivity index (χ3n) is 6.66. The van der Waals surface area contributed by atoms with Crippen LogP contribution in [-0.2, 0) is 32.3 Å². The molecule has 0 saturated heterocycles. The summed E-state index contributed by atoms with van der Waals surface area (Å²) in [4.78, 5) is 28.3. The Hall–Kier alpha value is -2.21. The Labute approximate surface area is 246 Å². The molecular weight excluding hydrogens is 614 g/mol. The van der Waals surface area contributed by atoms with Gasteiger partial charge in [0, 0.05) is 22.6 Å². The number of halogens is 6. The van der Waals surface area contributed by atoms with Crippen molar-refractivity contribution in [1.29, 1.82) is 0 Å². The minimum Gasteiger partial charge on any atom is -0.352 e. The number of carbonyl (C=O) groups is 2. The molecule has 1 fully saturated rings. The van der Waals surface area contributed by atoms with Crippen LogP contribution >= 0.6 is 34.8 Å². The average Bonchev–Trinajstić information content (AvgIpc) is 3.35. The molecule has 1 saturated carbocycles. The van der Waals surface area contributed by atoms with E-state index in [1.54, 1.807) is 19.1 Å². The second kappa shape index (κ2) is 13.2. The molecule has 3 rings (SSSR count). The highest BCUT2D eigenvalue weighted by Crippen LogP contribution is 2.36.